The van der Waals surface area contributed by atoms with Crippen molar-refractivity contribution in [1.82, 2.24) is 0 Å². The number of ketones is 1. The molecule has 11 heteroatoms. The number of hydrogen-bond acceptors (Lipinski definition) is 8. The quantitative estimate of drug-likeness (QED) is 0.216. The fraction of sp³-hybridized carbons (Fsp3) is 0.667. The average molecular weight is 598 g/mol. The van der Waals surface area contributed by atoms with Gasteiger partial charge in [0.2, 0.25) is 3.79 Å². The second-order valence-electron chi connectivity index (χ2n) is 10.9. The van der Waals surface area contributed by atoms with Gasteiger partial charge in [-0.05, 0) is 26.3 Å². The summed E-state index contributed by atoms with van der Waals surface area (Å²) < 4.78 is 19.6. The van der Waals surface area contributed by atoms with Gasteiger partial charge in [0, 0.05) is 5.92 Å². The zero-order valence-electron chi connectivity index (χ0n) is 23.0. The maximum atomic E-state index is 13.6. The molecule has 0 spiro atoms. The molecule has 0 saturated carbocycles. The molecule has 4 unspecified atom stereocenters. The van der Waals surface area contributed by atoms with Crippen LogP contribution in [-0.2, 0) is 35.1 Å². The molecular weight excluding hydrogens is 559 g/mol. The standard InChI is InChI=1S/C27H39Cl3O8/c1-17(14-35-15-19-11-9-8-10-12-19)22(37-24(34)36-16-27(28,29)30)18(2)23(33)26(6,7)20(31)13-21(32)38-25(3,4)5/h8-12,17-18,20,22,31H,13-16H2,1-7H3. The molecule has 1 rings (SSSR count). The topological polar surface area (TPSA) is 108 Å². The molecule has 0 aliphatic carbocycles. The third-order valence-electron chi connectivity index (χ3n) is 5.79. The van der Waals surface area contributed by atoms with Crippen molar-refractivity contribution in [1.29, 1.82) is 0 Å². The Labute approximate surface area is 240 Å². The van der Waals surface area contributed by atoms with E-state index in [1.54, 1.807) is 34.6 Å². The van der Waals surface area contributed by atoms with Crippen LogP contribution in [0.5, 0.6) is 0 Å². The highest BCUT2D eigenvalue weighted by Crippen LogP contribution is 2.33. The molecule has 0 aliphatic heterocycles. The third kappa shape index (κ3) is 12.5. The number of Topliss-reactive ketones (excluding diaryl/α,β-unsaturated/α-hetero) is 1. The summed E-state index contributed by atoms with van der Waals surface area (Å²) in [7, 11) is 0. The zero-order chi connectivity index (χ0) is 29.3. The van der Waals surface area contributed by atoms with E-state index in [4.69, 9.17) is 53.8 Å². The van der Waals surface area contributed by atoms with Gasteiger partial charge < -0.3 is 24.1 Å². The van der Waals surface area contributed by atoms with Gasteiger partial charge >= 0.3 is 12.1 Å². The molecule has 4 atom stereocenters. The first-order valence-electron chi connectivity index (χ1n) is 12.3. The molecule has 216 valence electrons. The van der Waals surface area contributed by atoms with Crippen molar-refractivity contribution in [3.05, 3.63) is 35.9 Å². The van der Waals surface area contributed by atoms with Crippen LogP contribution >= 0.6 is 34.8 Å². The zero-order valence-corrected chi connectivity index (χ0v) is 25.2. The average Bonchev–Trinajstić information content (AvgIpc) is 2.79. The van der Waals surface area contributed by atoms with Crippen molar-refractivity contribution in [3.63, 3.8) is 0 Å². The van der Waals surface area contributed by atoms with Gasteiger partial charge in [-0.15, -0.1) is 0 Å². The van der Waals surface area contributed by atoms with E-state index in [1.807, 2.05) is 30.3 Å². The number of carbonyl (C=O) groups excluding carboxylic acids is 3. The fourth-order valence-corrected chi connectivity index (χ4v) is 3.89. The number of rotatable bonds is 13. The highest BCUT2D eigenvalue weighted by atomic mass is 35.6. The molecular formula is C27H39Cl3O8. The van der Waals surface area contributed by atoms with Gasteiger partial charge in [-0.2, -0.15) is 0 Å². The van der Waals surface area contributed by atoms with Gasteiger partial charge in [0.1, 0.15) is 24.1 Å². The maximum Gasteiger partial charge on any atom is 0.508 e. The van der Waals surface area contributed by atoms with Crippen molar-refractivity contribution < 1.29 is 38.4 Å². The van der Waals surface area contributed by atoms with Crippen molar-refractivity contribution in [2.24, 2.45) is 17.3 Å². The predicted molar refractivity (Wildman–Crippen MR) is 146 cm³/mol. The largest absolute Gasteiger partial charge is 0.508 e. The van der Waals surface area contributed by atoms with Crippen LogP contribution in [0, 0.1) is 17.3 Å². The van der Waals surface area contributed by atoms with Crippen LogP contribution in [0.1, 0.15) is 60.5 Å². The Morgan fingerprint density at radius 2 is 1.55 bits per heavy atom. The summed E-state index contributed by atoms with van der Waals surface area (Å²) >= 11 is 17.0. The molecule has 0 aliphatic rings. The molecule has 0 aromatic heterocycles. The van der Waals surface area contributed by atoms with Crippen molar-refractivity contribution in [3.8, 4) is 0 Å². The molecule has 1 N–H and O–H groups in total. The summed E-state index contributed by atoms with van der Waals surface area (Å²) in [5.41, 5.74) is -1.15. The van der Waals surface area contributed by atoms with Crippen molar-refractivity contribution in [2.75, 3.05) is 13.2 Å². The Hall–Kier alpha value is -1.58. The van der Waals surface area contributed by atoms with Crippen molar-refractivity contribution >= 4 is 52.7 Å². The highest BCUT2D eigenvalue weighted by Gasteiger charge is 2.44. The molecule has 0 radical (unpaired) electrons. The van der Waals surface area contributed by atoms with E-state index in [0.717, 1.165) is 5.56 Å². The van der Waals surface area contributed by atoms with E-state index in [1.165, 1.54) is 13.8 Å². The molecule has 0 amide bonds. The smallest absolute Gasteiger partial charge is 0.460 e. The monoisotopic (exact) mass is 596 g/mol. The number of aliphatic hydroxyl groups is 1. The summed E-state index contributed by atoms with van der Waals surface area (Å²) in [5.74, 6) is -2.43. The van der Waals surface area contributed by atoms with Crippen LogP contribution in [0.4, 0.5) is 4.79 Å². The van der Waals surface area contributed by atoms with E-state index in [9.17, 15) is 19.5 Å². The minimum Gasteiger partial charge on any atom is -0.460 e. The van der Waals surface area contributed by atoms with Crippen molar-refractivity contribution in [2.45, 2.75) is 83.1 Å². The third-order valence-corrected chi connectivity index (χ3v) is 6.12. The minimum absolute atomic E-state index is 0.149. The number of carbonyl (C=O) groups is 3. The lowest BCUT2D eigenvalue weighted by Gasteiger charge is -2.35. The molecule has 1 aromatic carbocycles. The van der Waals surface area contributed by atoms with Gasteiger partial charge in [-0.3, -0.25) is 9.59 Å². The number of aliphatic hydroxyl groups excluding tert-OH is 1. The second-order valence-corrected chi connectivity index (χ2v) is 13.4. The van der Waals surface area contributed by atoms with Crippen LogP contribution < -0.4 is 0 Å². The van der Waals surface area contributed by atoms with E-state index < -0.39 is 63.4 Å². The Balaban J connectivity index is 3.01. The predicted octanol–water partition coefficient (Wildman–Crippen LogP) is 6.06. The lowest BCUT2D eigenvalue weighted by Crippen LogP contribution is -2.47. The summed E-state index contributed by atoms with van der Waals surface area (Å²) in [6.45, 7) is 11.4. The molecule has 8 nitrogen and oxygen atoms in total. The molecule has 0 saturated heterocycles. The van der Waals surface area contributed by atoms with Crippen LogP contribution in [0.3, 0.4) is 0 Å². The Bertz CT molecular complexity index is 909. The summed E-state index contributed by atoms with van der Waals surface area (Å²) in [5, 5.41) is 10.8. The van der Waals surface area contributed by atoms with E-state index in [0.29, 0.717) is 6.61 Å². The molecule has 0 bridgehead atoms. The SMILES string of the molecule is CC(COCc1ccccc1)C(OC(=O)OCC(Cl)(Cl)Cl)C(C)C(=O)C(C)(C)C(O)CC(=O)OC(C)(C)C. The van der Waals surface area contributed by atoms with Gasteiger partial charge in [-0.25, -0.2) is 4.79 Å². The van der Waals surface area contributed by atoms with Crippen LogP contribution in [0.15, 0.2) is 30.3 Å². The van der Waals surface area contributed by atoms with E-state index in [-0.39, 0.29) is 13.0 Å². The molecule has 0 fully saturated rings. The van der Waals surface area contributed by atoms with Crippen LogP contribution in [0.25, 0.3) is 0 Å². The van der Waals surface area contributed by atoms with E-state index >= 15 is 0 Å². The summed E-state index contributed by atoms with van der Waals surface area (Å²) in [4.78, 5) is 38.2. The van der Waals surface area contributed by atoms with Gasteiger partial charge in [0.25, 0.3) is 0 Å². The normalized spacial score (nSPS) is 15.7. The first kappa shape index (κ1) is 34.4. The number of alkyl halides is 3. The van der Waals surface area contributed by atoms with Crippen LogP contribution in [0.2, 0.25) is 0 Å². The Morgan fingerprint density at radius 3 is 2.08 bits per heavy atom. The lowest BCUT2D eigenvalue weighted by molar-refractivity contribution is -0.160. The molecule has 1 aromatic rings. The second kappa shape index (κ2) is 14.7. The van der Waals surface area contributed by atoms with E-state index in [2.05, 4.69) is 0 Å². The fourth-order valence-electron chi connectivity index (χ4n) is 3.73. The number of hydrogen-bond donors (Lipinski definition) is 1. The number of benzene rings is 1. The van der Waals surface area contributed by atoms with Gasteiger partial charge in [-0.1, -0.05) is 92.8 Å². The van der Waals surface area contributed by atoms with Gasteiger partial charge in [0.15, 0.2) is 0 Å². The number of halogens is 3. The van der Waals surface area contributed by atoms with Gasteiger partial charge in [0.05, 0.1) is 37.1 Å². The Morgan fingerprint density at radius 1 is 0.974 bits per heavy atom. The van der Waals surface area contributed by atoms with Crippen LogP contribution in [-0.4, -0.2) is 57.8 Å². The number of ether oxygens (including phenoxy) is 4. The summed E-state index contributed by atoms with van der Waals surface area (Å²) in [6, 6.07) is 9.49. The lowest BCUT2D eigenvalue weighted by atomic mass is 9.73. The highest BCUT2D eigenvalue weighted by molar-refractivity contribution is 6.67. The number of esters is 1. The summed E-state index contributed by atoms with van der Waals surface area (Å²) in [6.07, 6.45) is -3.85. The first-order valence-corrected chi connectivity index (χ1v) is 13.4. The Kier molecular flexibility index (Phi) is 13.3. The first-order chi connectivity index (χ1) is 17.3. The molecule has 38 heavy (non-hydrogen) atoms. The maximum absolute atomic E-state index is 13.6. The minimum atomic E-state index is -1.84. The molecule has 0 heterocycles.